The van der Waals surface area contributed by atoms with Crippen molar-refractivity contribution in [1.29, 1.82) is 0 Å². The highest BCUT2D eigenvalue weighted by Gasteiger charge is 2.33. The van der Waals surface area contributed by atoms with Crippen LogP contribution in [0.4, 0.5) is 0 Å². The molecule has 0 spiro atoms. The van der Waals surface area contributed by atoms with Crippen molar-refractivity contribution in [3.63, 3.8) is 0 Å². The molecule has 3 N–H and O–H groups in total. The number of aromatic amines is 1. The molecule has 2 aliphatic carbocycles. The molecule has 0 radical (unpaired) electrons. The summed E-state index contributed by atoms with van der Waals surface area (Å²) in [5.74, 6) is 0.615. The molecule has 2 saturated carbocycles. The minimum absolute atomic E-state index is 0.0774. The highest BCUT2D eigenvalue weighted by molar-refractivity contribution is 7.89. The molecule has 20 heavy (non-hydrogen) atoms. The zero-order valence-electron chi connectivity index (χ0n) is 11.9. The number of sulfonamides is 1. The SMILES string of the molecule is Cc1[nH]nc(CNC2CC2)c1S(=O)(=O)NC1CC(C)C1. The average molecular weight is 298 g/mol. The lowest BCUT2D eigenvalue weighted by atomic mass is 9.83. The van der Waals surface area contributed by atoms with E-state index in [4.69, 9.17) is 0 Å². The summed E-state index contributed by atoms with van der Waals surface area (Å²) >= 11 is 0. The van der Waals surface area contributed by atoms with E-state index in [1.165, 1.54) is 12.8 Å². The Morgan fingerprint density at radius 3 is 2.60 bits per heavy atom. The molecule has 2 fully saturated rings. The van der Waals surface area contributed by atoms with Gasteiger partial charge in [-0.3, -0.25) is 5.10 Å². The number of hydrogen-bond acceptors (Lipinski definition) is 4. The van der Waals surface area contributed by atoms with Crippen LogP contribution in [0.3, 0.4) is 0 Å². The maximum absolute atomic E-state index is 12.5. The van der Waals surface area contributed by atoms with Crippen LogP contribution in [0, 0.1) is 12.8 Å². The predicted octanol–water partition coefficient (Wildman–Crippen LogP) is 1.05. The summed E-state index contributed by atoms with van der Waals surface area (Å²) in [5.41, 5.74) is 1.20. The molecule has 1 aromatic rings. The van der Waals surface area contributed by atoms with Crippen LogP contribution in [0.25, 0.3) is 0 Å². The van der Waals surface area contributed by atoms with Gasteiger partial charge in [0.25, 0.3) is 0 Å². The van der Waals surface area contributed by atoms with Crippen LogP contribution in [0.15, 0.2) is 4.90 Å². The summed E-state index contributed by atoms with van der Waals surface area (Å²) in [6.45, 7) is 4.40. The van der Waals surface area contributed by atoms with Gasteiger partial charge in [-0.2, -0.15) is 5.10 Å². The minimum atomic E-state index is -3.47. The van der Waals surface area contributed by atoms with Crippen LogP contribution < -0.4 is 10.0 Å². The molecular formula is C13H22N4O2S. The second-order valence-corrected chi connectivity index (χ2v) is 7.83. The van der Waals surface area contributed by atoms with Crippen molar-refractivity contribution in [3.8, 4) is 0 Å². The lowest BCUT2D eigenvalue weighted by Gasteiger charge is -2.32. The fraction of sp³-hybridized carbons (Fsp3) is 0.769. The van der Waals surface area contributed by atoms with Crippen molar-refractivity contribution in [1.82, 2.24) is 20.2 Å². The van der Waals surface area contributed by atoms with Gasteiger partial charge in [0.15, 0.2) is 0 Å². The number of nitrogens with one attached hydrogen (secondary N) is 3. The van der Waals surface area contributed by atoms with Gasteiger partial charge in [0.1, 0.15) is 4.90 Å². The Bertz CT molecular complexity index is 586. The highest BCUT2D eigenvalue weighted by Crippen LogP contribution is 2.29. The van der Waals surface area contributed by atoms with Crippen molar-refractivity contribution in [2.24, 2.45) is 5.92 Å². The molecule has 112 valence electrons. The normalized spacial score (nSPS) is 26.5. The molecule has 0 aromatic carbocycles. The molecule has 1 heterocycles. The Labute approximate surface area is 119 Å². The quantitative estimate of drug-likeness (QED) is 0.732. The molecule has 0 unspecified atom stereocenters. The van der Waals surface area contributed by atoms with Crippen molar-refractivity contribution >= 4 is 10.0 Å². The van der Waals surface area contributed by atoms with E-state index < -0.39 is 10.0 Å². The predicted molar refractivity (Wildman–Crippen MR) is 75.7 cm³/mol. The molecule has 0 saturated heterocycles. The fourth-order valence-electron chi connectivity index (χ4n) is 2.75. The summed E-state index contributed by atoms with van der Waals surface area (Å²) in [6, 6.07) is 0.608. The van der Waals surface area contributed by atoms with Gasteiger partial charge >= 0.3 is 0 Å². The van der Waals surface area contributed by atoms with Crippen LogP contribution in [0.1, 0.15) is 44.0 Å². The summed E-state index contributed by atoms with van der Waals surface area (Å²) in [7, 11) is -3.47. The minimum Gasteiger partial charge on any atom is -0.308 e. The van der Waals surface area contributed by atoms with Gasteiger partial charge in [0.2, 0.25) is 10.0 Å². The van der Waals surface area contributed by atoms with E-state index in [1.807, 2.05) is 0 Å². The van der Waals surface area contributed by atoms with Crippen LogP contribution >= 0.6 is 0 Å². The van der Waals surface area contributed by atoms with Gasteiger partial charge in [-0.25, -0.2) is 13.1 Å². The number of H-pyrrole nitrogens is 1. The van der Waals surface area contributed by atoms with Gasteiger partial charge in [-0.15, -0.1) is 0 Å². The maximum atomic E-state index is 12.5. The molecule has 0 aliphatic heterocycles. The third-order valence-electron chi connectivity index (χ3n) is 4.06. The van der Waals surface area contributed by atoms with Crippen LogP contribution in [0.5, 0.6) is 0 Å². The number of aryl methyl sites for hydroxylation is 1. The molecule has 2 aliphatic rings. The van der Waals surface area contributed by atoms with Gasteiger partial charge in [0.05, 0.1) is 11.4 Å². The third-order valence-corrected chi connectivity index (χ3v) is 5.78. The van der Waals surface area contributed by atoms with Gasteiger partial charge in [-0.05, 0) is 38.5 Å². The van der Waals surface area contributed by atoms with Gasteiger partial charge < -0.3 is 5.32 Å². The molecule has 3 rings (SSSR count). The zero-order chi connectivity index (χ0) is 14.3. The number of nitrogens with zero attached hydrogens (tertiary/aromatic N) is 1. The Morgan fingerprint density at radius 1 is 1.30 bits per heavy atom. The first-order valence-corrected chi connectivity index (χ1v) is 8.73. The molecule has 6 nitrogen and oxygen atoms in total. The molecule has 7 heteroatoms. The molecule has 0 amide bonds. The number of rotatable bonds is 6. The van der Waals surface area contributed by atoms with Crippen LogP contribution in [0.2, 0.25) is 0 Å². The fourth-order valence-corrected chi connectivity index (χ4v) is 4.38. The summed E-state index contributed by atoms with van der Waals surface area (Å²) < 4.78 is 27.8. The van der Waals surface area contributed by atoms with E-state index in [0.717, 1.165) is 12.8 Å². The second kappa shape index (κ2) is 5.13. The van der Waals surface area contributed by atoms with Gasteiger partial charge in [0, 0.05) is 18.6 Å². The topological polar surface area (TPSA) is 86.9 Å². The first kappa shape index (κ1) is 14.0. The first-order chi connectivity index (χ1) is 9.45. The van der Waals surface area contributed by atoms with Crippen molar-refractivity contribution in [2.75, 3.05) is 0 Å². The van der Waals surface area contributed by atoms with Crippen molar-refractivity contribution in [3.05, 3.63) is 11.4 Å². The van der Waals surface area contributed by atoms with Crippen molar-refractivity contribution in [2.45, 2.75) is 63.1 Å². The average Bonchev–Trinajstić information content (AvgIpc) is 3.07. The van der Waals surface area contributed by atoms with E-state index in [9.17, 15) is 8.42 Å². The number of hydrogen-bond donors (Lipinski definition) is 3. The lowest BCUT2D eigenvalue weighted by molar-refractivity contribution is 0.270. The van der Waals surface area contributed by atoms with Crippen LogP contribution in [-0.2, 0) is 16.6 Å². The molecule has 0 atom stereocenters. The largest absolute Gasteiger partial charge is 0.308 e. The molecule has 0 bridgehead atoms. The lowest BCUT2D eigenvalue weighted by Crippen LogP contribution is -2.43. The summed E-state index contributed by atoms with van der Waals surface area (Å²) in [6.07, 6.45) is 4.19. The van der Waals surface area contributed by atoms with Crippen molar-refractivity contribution < 1.29 is 8.42 Å². The van der Waals surface area contributed by atoms with E-state index >= 15 is 0 Å². The van der Waals surface area contributed by atoms with Gasteiger partial charge in [-0.1, -0.05) is 6.92 Å². The Hall–Kier alpha value is -0.920. The van der Waals surface area contributed by atoms with E-state index in [2.05, 4.69) is 27.2 Å². The van der Waals surface area contributed by atoms with Crippen LogP contribution in [-0.4, -0.2) is 30.7 Å². The highest BCUT2D eigenvalue weighted by atomic mass is 32.2. The van der Waals surface area contributed by atoms with E-state index in [-0.39, 0.29) is 6.04 Å². The summed E-state index contributed by atoms with van der Waals surface area (Å²) in [5, 5.41) is 10.2. The standard InChI is InChI=1S/C13H22N4O2S/c1-8-5-11(6-8)17-20(18,19)13-9(2)15-16-12(13)7-14-10-3-4-10/h8,10-11,14,17H,3-7H2,1-2H3,(H,15,16). The summed E-state index contributed by atoms with van der Waals surface area (Å²) in [4.78, 5) is 0.324. The molecule has 1 aromatic heterocycles. The zero-order valence-corrected chi connectivity index (χ0v) is 12.8. The smallest absolute Gasteiger partial charge is 0.244 e. The monoisotopic (exact) mass is 298 g/mol. The maximum Gasteiger partial charge on any atom is 0.244 e. The van der Waals surface area contributed by atoms with E-state index in [1.54, 1.807) is 6.92 Å². The Kier molecular flexibility index (Phi) is 3.60. The Morgan fingerprint density at radius 2 is 2.00 bits per heavy atom. The van der Waals surface area contributed by atoms with E-state index in [0.29, 0.717) is 34.8 Å². The second-order valence-electron chi connectivity index (χ2n) is 6.17. The molecular weight excluding hydrogens is 276 g/mol. The number of aromatic nitrogens is 2. The first-order valence-electron chi connectivity index (χ1n) is 7.25. The third kappa shape index (κ3) is 2.89. The Balaban J connectivity index is 1.74.